The molecule has 0 aromatic heterocycles. The van der Waals surface area contributed by atoms with Crippen LogP contribution in [0, 0.1) is 23.6 Å². The monoisotopic (exact) mass is 632 g/mol. The van der Waals surface area contributed by atoms with E-state index in [1.807, 2.05) is 0 Å². The van der Waals surface area contributed by atoms with E-state index in [0.29, 0.717) is 18.9 Å². The molecular formula is C30H33F5O5S2. The Morgan fingerprint density at radius 1 is 1.02 bits per heavy atom. The zero-order valence-electron chi connectivity index (χ0n) is 23.3. The van der Waals surface area contributed by atoms with Crippen LogP contribution in [0.25, 0.3) is 0 Å². The molecule has 1 heterocycles. The molecule has 2 aromatic carbocycles. The van der Waals surface area contributed by atoms with Crippen molar-refractivity contribution in [3.63, 3.8) is 0 Å². The molecule has 2 fully saturated rings. The molecule has 2 aliphatic carbocycles. The molecule has 230 valence electrons. The lowest BCUT2D eigenvalue weighted by molar-refractivity contribution is -0.228. The van der Waals surface area contributed by atoms with Gasteiger partial charge in [0.2, 0.25) is 5.67 Å². The van der Waals surface area contributed by atoms with E-state index in [0.717, 1.165) is 36.4 Å². The van der Waals surface area contributed by atoms with E-state index in [9.17, 15) is 43.6 Å². The summed E-state index contributed by atoms with van der Waals surface area (Å²) in [4.78, 5) is 13.3. The number of carbonyl (C=O) groups is 1. The van der Waals surface area contributed by atoms with E-state index in [1.54, 1.807) is 6.92 Å². The van der Waals surface area contributed by atoms with E-state index in [2.05, 4.69) is 0 Å². The zero-order valence-corrected chi connectivity index (χ0v) is 24.9. The van der Waals surface area contributed by atoms with Crippen LogP contribution in [0.2, 0.25) is 0 Å². The molecule has 1 saturated carbocycles. The van der Waals surface area contributed by atoms with Gasteiger partial charge in [0.05, 0.1) is 15.9 Å². The van der Waals surface area contributed by atoms with Gasteiger partial charge in [0.25, 0.3) is 0 Å². The van der Waals surface area contributed by atoms with Gasteiger partial charge in [0.1, 0.15) is 16.3 Å². The minimum Gasteiger partial charge on any atom is -0.299 e. The number of ketones is 1. The maximum atomic E-state index is 14.9. The number of rotatable bonds is 6. The van der Waals surface area contributed by atoms with Crippen molar-refractivity contribution in [2.75, 3.05) is 5.75 Å². The number of aryl methyl sites for hydroxylation is 1. The van der Waals surface area contributed by atoms with Crippen molar-refractivity contribution in [2.45, 2.75) is 85.5 Å². The van der Waals surface area contributed by atoms with Crippen LogP contribution in [-0.2, 0) is 41.3 Å². The second kappa shape index (κ2) is 10.4. The molecular weight excluding hydrogens is 599 g/mol. The molecule has 1 saturated heterocycles. The van der Waals surface area contributed by atoms with Crippen LogP contribution in [0.1, 0.15) is 69.1 Å². The van der Waals surface area contributed by atoms with Gasteiger partial charge in [-0.05, 0) is 105 Å². The quantitative estimate of drug-likeness (QED) is 0.272. The first-order valence-electron chi connectivity index (χ1n) is 14.1. The van der Waals surface area contributed by atoms with Crippen LogP contribution in [0.5, 0.6) is 0 Å². The Morgan fingerprint density at radius 3 is 2.31 bits per heavy atom. The highest BCUT2D eigenvalue weighted by Gasteiger charge is 2.61. The molecule has 2 aromatic rings. The number of hydrogen-bond acceptors (Lipinski definition) is 5. The molecule has 0 radical (unpaired) electrons. The number of sulfone groups is 2. The number of halogens is 5. The molecule has 42 heavy (non-hydrogen) atoms. The van der Waals surface area contributed by atoms with Crippen molar-refractivity contribution in [2.24, 2.45) is 17.8 Å². The molecule has 1 aliphatic heterocycles. The van der Waals surface area contributed by atoms with Crippen molar-refractivity contribution in [3.05, 3.63) is 65.0 Å². The third kappa shape index (κ3) is 4.90. The number of alkyl halides is 4. The standard InChI is InChI=1S/C30H33F5O5S2/c1-18-15-21(12-14-41(18,37)38)27(36)17-20-11-13-29(42(39,40)24-7-5-23(31)6-8-24)25(20)9-3-19-16-22(4-10-26(19)29)28(2,32)30(33,34)35/h4-8,10,16,18,20-21,25H,3,9,11-15,17H2,1-2H3/t18-,20+,21-,25+,28?,29+/m1/s1. The topological polar surface area (TPSA) is 85.3 Å². The molecule has 5 rings (SSSR count). The van der Waals surface area contributed by atoms with Gasteiger partial charge in [-0.25, -0.2) is 25.6 Å². The van der Waals surface area contributed by atoms with Crippen LogP contribution in [-0.4, -0.2) is 39.8 Å². The minimum absolute atomic E-state index is 0.0623. The van der Waals surface area contributed by atoms with Crippen LogP contribution in [0.3, 0.4) is 0 Å². The highest BCUT2D eigenvalue weighted by Crippen LogP contribution is 2.60. The first-order valence-corrected chi connectivity index (χ1v) is 17.3. The largest absolute Gasteiger partial charge is 0.426 e. The fourth-order valence-electron chi connectivity index (χ4n) is 7.39. The Bertz CT molecular complexity index is 1600. The molecule has 0 spiro atoms. The second-order valence-electron chi connectivity index (χ2n) is 12.2. The normalized spacial score (nSPS) is 30.6. The molecule has 0 bridgehead atoms. The molecule has 12 heteroatoms. The maximum absolute atomic E-state index is 14.9. The lowest BCUT2D eigenvalue weighted by Crippen LogP contribution is -2.45. The summed E-state index contributed by atoms with van der Waals surface area (Å²) in [5, 5.41) is -0.643. The van der Waals surface area contributed by atoms with Crippen molar-refractivity contribution in [1.82, 2.24) is 0 Å². The van der Waals surface area contributed by atoms with Gasteiger partial charge in [0, 0.05) is 12.3 Å². The zero-order chi connectivity index (χ0) is 30.9. The lowest BCUT2D eigenvalue weighted by Gasteiger charge is -2.43. The number of fused-ring (bicyclic) bond motifs is 3. The average Bonchev–Trinajstić information content (AvgIpc) is 3.29. The summed E-state index contributed by atoms with van der Waals surface area (Å²) in [7, 11) is -7.51. The van der Waals surface area contributed by atoms with Gasteiger partial charge in [-0.15, -0.1) is 0 Å². The Morgan fingerprint density at radius 2 is 1.69 bits per heavy atom. The minimum atomic E-state index is -5.18. The fraction of sp³-hybridized carbons (Fsp3) is 0.567. The van der Waals surface area contributed by atoms with Crippen molar-refractivity contribution in [1.29, 1.82) is 0 Å². The summed E-state index contributed by atoms with van der Waals surface area (Å²) in [6.45, 7) is 2.01. The van der Waals surface area contributed by atoms with Gasteiger partial charge >= 0.3 is 6.18 Å². The number of hydrogen-bond donors (Lipinski definition) is 0. The maximum Gasteiger partial charge on any atom is 0.426 e. The number of benzene rings is 2. The highest BCUT2D eigenvalue weighted by molar-refractivity contribution is 7.92. The molecule has 6 atom stereocenters. The Labute approximate surface area is 242 Å². The number of Topliss-reactive ketones (excluding diaryl/α,β-unsaturated/α-hetero) is 1. The summed E-state index contributed by atoms with van der Waals surface area (Å²) < 4.78 is 121. The predicted molar refractivity (Wildman–Crippen MR) is 146 cm³/mol. The SMILES string of the molecule is C[C@@H]1C[C@H](C(=O)C[C@@H]2CC[C@@]3(S(=O)(=O)c4ccc(F)cc4)c4ccc(C(C)(F)C(F)(F)F)cc4CC[C@@H]23)CCS1(=O)=O. The summed E-state index contributed by atoms with van der Waals surface area (Å²) in [6, 6.07) is 7.73. The van der Waals surface area contributed by atoms with E-state index >= 15 is 0 Å². The molecule has 0 amide bonds. The third-order valence-corrected chi connectivity index (χ3v) is 14.7. The predicted octanol–water partition coefficient (Wildman–Crippen LogP) is 6.39. The second-order valence-corrected chi connectivity index (χ2v) is 17.0. The summed E-state index contributed by atoms with van der Waals surface area (Å²) in [5.41, 5.74) is -3.66. The highest BCUT2D eigenvalue weighted by atomic mass is 32.2. The average molecular weight is 633 g/mol. The van der Waals surface area contributed by atoms with Crippen molar-refractivity contribution in [3.8, 4) is 0 Å². The smallest absolute Gasteiger partial charge is 0.299 e. The van der Waals surface area contributed by atoms with Crippen LogP contribution < -0.4 is 0 Å². The third-order valence-electron chi connectivity index (χ3n) is 9.92. The summed E-state index contributed by atoms with van der Waals surface area (Å²) in [5.74, 6) is -2.21. The molecule has 0 N–H and O–H groups in total. The van der Waals surface area contributed by atoms with Crippen LogP contribution in [0.4, 0.5) is 22.0 Å². The van der Waals surface area contributed by atoms with Gasteiger partial charge in [-0.3, -0.25) is 4.79 Å². The molecule has 5 nitrogen and oxygen atoms in total. The lowest BCUT2D eigenvalue weighted by atomic mass is 9.71. The Kier molecular flexibility index (Phi) is 7.69. The Hall–Kier alpha value is -2.34. The van der Waals surface area contributed by atoms with Crippen molar-refractivity contribution < 1.29 is 43.6 Å². The van der Waals surface area contributed by atoms with E-state index in [1.165, 1.54) is 6.07 Å². The van der Waals surface area contributed by atoms with Gasteiger partial charge < -0.3 is 0 Å². The first kappa shape index (κ1) is 31.1. The van der Waals surface area contributed by atoms with Gasteiger partial charge in [0.15, 0.2) is 19.7 Å². The van der Waals surface area contributed by atoms with E-state index < -0.39 is 64.7 Å². The van der Waals surface area contributed by atoms with Gasteiger partial charge in [-0.2, -0.15) is 13.2 Å². The van der Waals surface area contributed by atoms with E-state index in [4.69, 9.17) is 0 Å². The van der Waals surface area contributed by atoms with Crippen molar-refractivity contribution >= 4 is 25.5 Å². The molecule has 1 unspecified atom stereocenters. The number of carbonyl (C=O) groups excluding carboxylic acids is 1. The van der Waals surface area contributed by atoms with Crippen LogP contribution in [0.15, 0.2) is 47.4 Å². The fourth-order valence-corrected chi connectivity index (χ4v) is 11.4. The summed E-state index contributed by atoms with van der Waals surface area (Å²) >= 11 is 0. The Balaban J connectivity index is 1.56. The van der Waals surface area contributed by atoms with E-state index in [-0.39, 0.29) is 66.4 Å². The first-order chi connectivity index (χ1) is 19.4. The molecule has 3 aliphatic rings. The van der Waals surface area contributed by atoms with Crippen LogP contribution >= 0.6 is 0 Å². The van der Waals surface area contributed by atoms with Gasteiger partial charge in [-0.1, -0.05) is 18.2 Å². The summed E-state index contributed by atoms with van der Waals surface area (Å²) in [6.07, 6.45) is -3.80.